The Balaban J connectivity index is 1.96. The van der Waals surface area contributed by atoms with Crippen molar-refractivity contribution >= 4 is 57.5 Å². The van der Waals surface area contributed by atoms with Gasteiger partial charge in [-0.2, -0.15) is 5.26 Å². The summed E-state index contributed by atoms with van der Waals surface area (Å²) in [6.45, 7) is 1.89. The van der Waals surface area contributed by atoms with Crippen LogP contribution in [0.15, 0.2) is 59.5 Å². The Hall–Kier alpha value is -3.11. The number of benzene rings is 2. The number of ether oxygens (including phenoxy) is 1. The number of thiophene rings is 1. The first-order valence-corrected chi connectivity index (χ1v) is 10.8. The number of rotatable bonds is 6. The molecule has 0 spiro atoms. The van der Waals surface area contributed by atoms with Crippen molar-refractivity contribution in [2.24, 2.45) is 0 Å². The molecule has 8 heteroatoms. The molecule has 0 saturated heterocycles. The van der Waals surface area contributed by atoms with Crippen molar-refractivity contribution in [1.82, 2.24) is 0 Å². The van der Waals surface area contributed by atoms with E-state index in [0.29, 0.717) is 26.2 Å². The molecule has 0 bridgehead atoms. The summed E-state index contributed by atoms with van der Waals surface area (Å²) in [6, 6.07) is 15.9. The lowest BCUT2D eigenvalue weighted by Gasteiger charge is -2.09. The van der Waals surface area contributed by atoms with E-state index in [9.17, 15) is 14.9 Å². The topological polar surface area (TPSA) is 79.2 Å². The summed E-state index contributed by atoms with van der Waals surface area (Å²) in [4.78, 5) is 25.4. The second-order valence-electron chi connectivity index (χ2n) is 6.23. The number of carbonyl (C=O) groups excluding carboxylic acids is 2. The summed E-state index contributed by atoms with van der Waals surface area (Å²) in [5.74, 6) is -1.22. The molecule has 5 nitrogen and oxygen atoms in total. The fourth-order valence-electron chi connectivity index (χ4n) is 2.78. The van der Waals surface area contributed by atoms with Gasteiger partial charge in [-0.25, -0.2) is 4.79 Å². The zero-order valence-corrected chi connectivity index (χ0v) is 18.6. The molecule has 3 aromatic rings. The van der Waals surface area contributed by atoms with Gasteiger partial charge in [0.15, 0.2) is 0 Å². The van der Waals surface area contributed by atoms with Gasteiger partial charge in [-0.05, 0) is 36.3 Å². The van der Waals surface area contributed by atoms with Crippen molar-refractivity contribution in [3.05, 3.63) is 80.7 Å². The van der Waals surface area contributed by atoms with Crippen LogP contribution >= 0.6 is 34.5 Å². The zero-order valence-electron chi connectivity index (χ0n) is 16.3. The van der Waals surface area contributed by atoms with E-state index < -0.39 is 11.9 Å². The van der Waals surface area contributed by atoms with Crippen LogP contribution in [0.3, 0.4) is 0 Å². The summed E-state index contributed by atoms with van der Waals surface area (Å²) < 4.78 is 5.19. The SMILES string of the molecule is CCOC(=O)c1c(-c2ccccc2)csc1NC(=O)C(C#N)=Cc1ccc(Cl)cc1Cl. The minimum absolute atomic E-state index is 0.173. The fraction of sp³-hybridized carbons (Fsp3) is 0.0870. The van der Waals surface area contributed by atoms with E-state index in [1.165, 1.54) is 23.5 Å². The van der Waals surface area contributed by atoms with Gasteiger partial charge in [0.2, 0.25) is 0 Å². The van der Waals surface area contributed by atoms with Gasteiger partial charge in [0.1, 0.15) is 22.2 Å². The van der Waals surface area contributed by atoms with Crippen LogP contribution in [-0.4, -0.2) is 18.5 Å². The van der Waals surface area contributed by atoms with E-state index >= 15 is 0 Å². The number of halogens is 2. The smallest absolute Gasteiger partial charge is 0.341 e. The summed E-state index contributed by atoms with van der Waals surface area (Å²) in [6.07, 6.45) is 1.36. The molecule has 0 aliphatic carbocycles. The molecule has 2 aromatic carbocycles. The van der Waals surface area contributed by atoms with Gasteiger partial charge >= 0.3 is 5.97 Å². The first-order chi connectivity index (χ1) is 14.9. The molecule has 0 aliphatic heterocycles. The largest absolute Gasteiger partial charge is 0.462 e. The number of carbonyl (C=O) groups is 2. The summed E-state index contributed by atoms with van der Waals surface area (Å²) >= 11 is 13.2. The lowest BCUT2D eigenvalue weighted by atomic mass is 10.0. The highest BCUT2D eigenvalue weighted by Crippen LogP contribution is 2.36. The maximum atomic E-state index is 12.8. The second kappa shape index (κ2) is 10.3. The summed E-state index contributed by atoms with van der Waals surface area (Å²) in [5.41, 5.74) is 2.00. The van der Waals surface area contributed by atoms with Gasteiger partial charge in [0.25, 0.3) is 5.91 Å². The van der Waals surface area contributed by atoms with E-state index in [0.717, 1.165) is 5.56 Å². The van der Waals surface area contributed by atoms with Crippen LogP contribution in [0.25, 0.3) is 17.2 Å². The Labute approximate surface area is 193 Å². The minimum atomic E-state index is -0.666. The number of esters is 1. The third kappa shape index (κ3) is 5.33. The fourth-order valence-corrected chi connectivity index (χ4v) is 4.19. The van der Waals surface area contributed by atoms with Crippen molar-refractivity contribution in [3.63, 3.8) is 0 Å². The molecule has 1 aromatic heterocycles. The average molecular weight is 471 g/mol. The number of nitrogens with one attached hydrogen (secondary N) is 1. The quantitative estimate of drug-likeness (QED) is 0.255. The molecule has 1 N–H and O–H groups in total. The molecule has 0 atom stereocenters. The maximum Gasteiger partial charge on any atom is 0.341 e. The minimum Gasteiger partial charge on any atom is -0.462 e. The van der Waals surface area contributed by atoms with Crippen LogP contribution in [-0.2, 0) is 9.53 Å². The Morgan fingerprint density at radius 3 is 2.58 bits per heavy atom. The predicted molar refractivity (Wildman–Crippen MR) is 124 cm³/mol. The third-order valence-corrected chi connectivity index (χ3v) is 5.67. The van der Waals surface area contributed by atoms with Gasteiger partial charge < -0.3 is 10.1 Å². The highest BCUT2D eigenvalue weighted by molar-refractivity contribution is 7.15. The number of anilines is 1. The lowest BCUT2D eigenvalue weighted by Crippen LogP contribution is -2.16. The number of hydrogen-bond donors (Lipinski definition) is 1. The van der Waals surface area contributed by atoms with Crippen LogP contribution in [0.2, 0.25) is 10.0 Å². The van der Waals surface area contributed by atoms with Crippen LogP contribution < -0.4 is 5.32 Å². The van der Waals surface area contributed by atoms with E-state index in [-0.39, 0.29) is 17.7 Å². The lowest BCUT2D eigenvalue weighted by molar-refractivity contribution is -0.112. The van der Waals surface area contributed by atoms with Gasteiger partial charge in [-0.15, -0.1) is 11.3 Å². The zero-order chi connectivity index (χ0) is 22.4. The van der Waals surface area contributed by atoms with Crippen LogP contribution in [0.1, 0.15) is 22.8 Å². The van der Waals surface area contributed by atoms with Gasteiger partial charge in [-0.3, -0.25) is 4.79 Å². The van der Waals surface area contributed by atoms with Crippen LogP contribution in [0.4, 0.5) is 5.00 Å². The Morgan fingerprint density at radius 2 is 1.94 bits per heavy atom. The number of nitriles is 1. The van der Waals surface area contributed by atoms with Crippen molar-refractivity contribution in [2.45, 2.75) is 6.92 Å². The Kier molecular flexibility index (Phi) is 7.48. The van der Waals surface area contributed by atoms with Gasteiger partial charge in [-0.1, -0.05) is 59.6 Å². The first-order valence-electron chi connectivity index (χ1n) is 9.16. The summed E-state index contributed by atoms with van der Waals surface area (Å²) in [7, 11) is 0. The molecule has 1 heterocycles. The number of hydrogen-bond acceptors (Lipinski definition) is 5. The highest BCUT2D eigenvalue weighted by Gasteiger charge is 2.23. The molecule has 0 radical (unpaired) electrons. The van der Waals surface area contributed by atoms with Crippen molar-refractivity contribution in [2.75, 3.05) is 11.9 Å². The standard InChI is InChI=1S/C23H16Cl2N2O3S/c1-2-30-23(29)20-18(14-6-4-3-5-7-14)13-31-22(20)27-21(28)16(12-26)10-15-8-9-17(24)11-19(15)25/h3-11,13H,2H2,1H3,(H,27,28). The second-order valence-corrected chi connectivity index (χ2v) is 7.95. The van der Waals surface area contributed by atoms with Gasteiger partial charge in [0, 0.05) is 21.0 Å². The molecule has 0 unspecified atom stereocenters. The van der Waals surface area contributed by atoms with Crippen molar-refractivity contribution < 1.29 is 14.3 Å². The molecule has 1 amide bonds. The number of nitrogens with zero attached hydrogens (tertiary/aromatic N) is 1. The van der Waals surface area contributed by atoms with Crippen LogP contribution in [0.5, 0.6) is 0 Å². The molecule has 156 valence electrons. The predicted octanol–water partition coefficient (Wildman–Crippen LogP) is 6.44. The monoisotopic (exact) mass is 470 g/mol. The molecule has 3 rings (SSSR count). The van der Waals surface area contributed by atoms with E-state index in [2.05, 4.69) is 5.32 Å². The van der Waals surface area contributed by atoms with Crippen molar-refractivity contribution in [1.29, 1.82) is 5.26 Å². The van der Waals surface area contributed by atoms with E-state index in [1.807, 2.05) is 36.4 Å². The maximum absolute atomic E-state index is 12.8. The van der Waals surface area contributed by atoms with Crippen molar-refractivity contribution in [3.8, 4) is 17.2 Å². The normalized spacial score (nSPS) is 11.0. The first kappa shape index (κ1) is 22.6. The summed E-state index contributed by atoms with van der Waals surface area (Å²) in [5, 5.41) is 15.0. The molecular formula is C23H16Cl2N2O3S. The molecular weight excluding hydrogens is 455 g/mol. The van der Waals surface area contributed by atoms with Gasteiger partial charge in [0.05, 0.1) is 6.61 Å². The molecule has 31 heavy (non-hydrogen) atoms. The van der Waals surface area contributed by atoms with E-state index in [1.54, 1.807) is 24.4 Å². The molecule has 0 saturated carbocycles. The van der Waals surface area contributed by atoms with E-state index in [4.69, 9.17) is 27.9 Å². The Morgan fingerprint density at radius 1 is 1.19 bits per heavy atom. The molecule has 0 fully saturated rings. The average Bonchev–Trinajstić information content (AvgIpc) is 3.17. The number of amides is 1. The molecule has 0 aliphatic rings. The van der Waals surface area contributed by atoms with Crippen LogP contribution in [0, 0.1) is 11.3 Å². The highest BCUT2D eigenvalue weighted by atomic mass is 35.5. The Bertz CT molecular complexity index is 1200. The third-order valence-electron chi connectivity index (χ3n) is 4.21.